The number of hydrogen-bond donors (Lipinski definition) is 2. The molecule has 0 aliphatic carbocycles. The van der Waals surface area contributed by atoms with E-state index >= 15 is 0 Å². The largest absolute Gasteiger partial charge is 0.478 e. The fourth-order valence-corrected chi connectivity index (χ4v) is 2.91. The van der Waals surface area contributed by atoms with E-state index in [1.165, 1.54) is 31.4 Å². The summed E-state index contributed by atoms with van der Waals surface area (Å²) in [5.41, 5.74) is 0.603. The van der Waals surface area contributed by atoms with Crippen molar-refractivity contribution in [3.8, 4) is 0 Å². The van der Waals surface area contributed by atoms with Gasteiger partial charge in [-0.1, -0.05) is 6.07 Å². The van der Waals surface area contributed by atoms with E-state index in [4.69, 9.17) is 9.52 Å². The molecule has 0 fully saturated rings. The Bertz CT molecular complexity index is 764. The van der Waals surface area contributed by atoms with Crippen molar-refractivity contribution >= 4 is 22.0 Å². The number of nitrogens with zero attached hydrogens (tertiary/aromatic N) is 1. The zero-order valence-electron chi connectivity index (χ0n) is 10.7. The molecule has 0 bridgehead atoms. The lowest BCUT2D eigenvalue weighted by atomic mass is 10.1. The number of benzene rings is 1. The minimum absolute atomic E-state index is 0.0727. The van der Waals surface area contributed by atoms with Crippen LogP contribution in [0.2, 0.25) is 0 Å². The average Bonchev–Trinajstić information content (AvgIpc) is 2.73. The fraction of sp³-hybridized carbons (Fsp3) is 0.167. The molecule has 0 spiro atoms. The monoisotopic (exact) mass is 296 g/mol. The first kappa shape index (κ1) is 14.1. The number of carboxylic acid groups (broad SMARTS) is 1. The summed E-state index contributed by atoms with van der Waals surface area (Å²) in [5.74, 6) is -1.19. The van der Waals surface area contributed by atoms with Gasteiger partial charge in [-0.15, -0.1) is 0 Å². The highest BCUT2D eigenvalue weighted by Crippen LogP contribution is 2.21. The summed E-state index contributed by atoms with van der Waals surface area (Å²) < 4.78 is 31.5. The first-order valence-electron chi connectivity index (χ1n) is 5.59. The molecule has 0 amide bonds. The number of anilines is 1. The molecule has 20 heavy (non-hydrogen) atoms. The van der Waals surface area contributed by atoms with E-state index in [2.05, 4.69) is 9.71 Å². The molecule has 8 heteroatoms. The molecule has 2 aromatic rings. The third kappa shape index (κ3) is 2.64. The lowest BCUT2D eigenvalue weighted by Crippen LogP contribution is -2.16. The van der Waals surface area contributed by atoms with Crippen molar-refractivity contribution in [2.24, 2.45) is 0 Å². The van der Waals surface area contributed by atoms with Gasteiger partial charge in [-0.3, -0.25) is 0 Å². The van der Waals surface area contributed by atoms with E-state index in [-0.39, 0.29) is 22.0 Å². The van der Waals surface area contributed by atoms with Crippen molar-refractivity contribution in [2.75, 3.05) is 4.72 Å². The normalized spacial score (nSPS) is 11.3. The van der Waals surface area contributed by atoms with Gasteiger partial charge in [0.15, 0.2) is 0 Å². The van der Waals surface area contributed by atoms with Gasteiger partial charge in [-0.2, -0.15) is 4.98 Å². The van der Waals surface area contributed by atoms with Crippen molar-refractivity contribution in [3.05, 3.63) is 41.3 Å². The number of oxazole rings is 1. The van der Waals surface area contributed by atoms with Crippen molar-refractivity contribution in [3.63, 3.8) is 0 Å². The van der Waals surface area contributed by atoms with Crippen LogP contribution in [0, 0.1) is 13.8 Å². The Labute approximate surface area is 115 Å². The van der Waals surface area contributed by atoms with Crippen molar-refractivity contribution in [1.82, 2.24) is 4.98 Å². The maximum absolute atomic E-state index is 12.2. The molecule has 2 rings (SSSR count). The van der Waals surface area contributed by atoms with Crippen LogP contribution in [0.5, 0.6) is 0 Å². The number of rotatable bonds is 4. The number of sulfonamides is 1. The molecule has 0 saturated heterocycles. The quantitative estimate of drug-likeness (QED) is 0.890. The molecular weight excluding hydrogens is 284 g/mol. The second-order valence-electron chi connectivity index (χ2n) is 4.13. The Hall–Kier alpha value is -2.35. The molecule has 0 atom stereocenters. The van der Waals surface area contributed by atoms with Crippen LogP contribution in [0.25, 0.3) is 0 Å². The predicted molar refractivity (Wildman–Crippen MR) is 70.2 cm³/mol. The summed E-state index contributed by atoms with van der Waals surface area (Å²) in [7, 11) is -3.96. The molecule has 1 aromatic carbocycles. The summed E-state index contributed by atoms with van der Waals surface area (Å²) in [6.45, 7) is 3.08. The van der Waals surface area contributed by atoms with Crippen LogP contribution in [0.4, 0.5) is 6.01 Å². The molecule has 0 aliphatic heterocycles. The Morgan fingerprint density at radius 2 is 2.05 bits per heavy atom. The number of carboxylic acids is 1. The number of aryl methyl sites for hydroxylation is 1. The van der Waals surface area contributed by atoms with Crippen LogP contribution in [-0.2, 0) is 10.0 Å². The van der Waals surface area contributed by atoms with Gasteiger partial charge in [0.2, 0.25) is 0 Å². The SMILES string of the molecule is Cc1coc(NS(=O)(=O)c2cccc(C(=O)O)c2C)n1. The van der Waals surface area contributed by atoms with Gasteiger partial charge < -0.3 is 9.52 Å². The molecule has 106 valence electrons. The average molecular weight is 296 g/mol. The van der Waals surface area contributed by atoms with Gasteiger partial charge >= 0.3 is 12.0 Å². The van der Waals surface area contributed by atoms with Crippen LogP contribution in [0.15, 0.2) is 33.8 Å². The number of aromatic nitrogens is 1. The molecule has 1 aromatic heterocycles. The Morgan fingerprint density at radius 3 is 2.60 bits per heavy atom. The van der Waals surface area contributed by atoms with E-state index in [1.807, 2.05) is 0 Å². The van der Waals surface area contributed by atoms with Gasteiger partial charge in [-0.25, -0.2) is 17.9 Å². The summed E-state index contributed by atoms with van der Waals surface area (Å²) in [6, 6.07) is 3.86. The van der Waals surface area contributed by atoms with Crippen LogP contribution in [-0.4, -0.2) is 24.5 Å². The summed E-state index contributed by atoms with van der Waals surface area (Å²) in [4.78, 5) is 14.7. The summed E-state index contributed by atoms with van der Waals surface area (Å²) >= 11 is 0. The number of carbonyl (C=O) groups is 1. The third-order valence-corrected chi connectivity index (χ3v) is 4.11. The highest BCUT2D eigenvalue weighted by Gasteiger charge is 2.22. The maximum atomic E-state index is 12.2. The van der Waals surface area contributed by atoms with Gasteiger partial charge in [0.1, 0.15) is 6.26 Å². The Balaban J connectivity index is 2.44. The fourth-order valence-electron chi connectivity index (χ4n) is 1.71. The predicted octanol–water partition coefficient (Wildman–Crippen LogP) is 1.79. The highest BCUT2D eigenvalue weighted by molar-refractivity contribution is 7.92. The molecular formula is C12H12N2O5S. The highest BCUT2D eigenvalue weighted by atomic mass is 32.2. The lowest BCUT2D eigenvalue weighted by molar-refractivity contribution is 0.0696. The van der Waals surface area contributed by atoms with Gasteiger partial charge in [0.25, 0.3) is 10.0 Å². The third-order valence-electron chi connectivity index (χ3n) is 2.64. The molecule has 1 heterocycles. The standard InChI is InChI=1S/C12H12N2O5S/c1-7-6-19-12(13-7)14-20(17,18)10-5-3-4-9(8(10)2)11(15)16/h3-6H,1-2H3,(H,13,14)(H,15,16). The zero-order valence-corrected chi connectivity index (χ0v) is 11.6. The molecule has 7 nitrogen and oxygen atoms in total. The number of aromatic carboxylic acids is 1. The lowest BCUT2D eigenvalue weighted by Gasteiger charge is -2.09. The number of hydrogen-bond acceptors (Lipinski definition) is 5. The number of nitrogens with one attached hydrogen (secondary N) is 1. The van der Waals surface area contributed by atoms with Crippen LogP contribution >= 0.6 is 0 Å². The van der Waals surface area contributed by atoms with E-state index in [9.17, 15) is 13.2 Å². The molecule has 0 saturated carbocycles. The molecule has 0 aliphatic rings. The van der Waals surface area contributed by atoms with Gasteiger partial charge in [0, 0.05) is 0 Å². The minimum Gasteiger partial charge on any atom is -0.478 e. The van der Waals surface area contributed by atoms with Crippen molar-refractivity contribution in [1.29, 1.82) is 0 Å². The molecule has 0 unspecified atom stereocenters. The van der Waals surface area contributed by atoms with Crippen LogP contribution < -0.4 is 4.72 Å². The maximum Gasteiger partial charge on any atom is 0.335 e. The Morgan fingerprint density at radius 1 is 1.35 bits per heavy atom. The van der Waals surface area contributed by atoms with E-state index in [0.717, 1.165) is 0 Å². The minimum atomic E-state index is -3.96. The summed E-state index contributed by atoms with van der Waals surface area (Å²) in [5, 5.41) is 9.00. The van der Waals surface area contributed by atoms with E-state index in [0.29, 0.717) is 5.69 Å². The molecule has 0 radical (unpaired) electrons. The smallest absolute Gasteiger partial charge is 0.335 e. The topological polar surface area (TPSA) is 110 Å². The van der Waals surface area contributed by atoms with Crippen molar-refractivity contribution in [2.45, 2.75) is 18.7 Å². The second kappa shape index (κ2) is 4.97. The van der Waals surface area contributed by atoms with Gasteiger partial charge in [-0.05, 0) is 31.5 Å². The second-order valence-corrected chi connectivity index (χ2v) is 5.78. The first-order valence-corrected chi connectivity index (χ1v) is 7.07. The first-order chi connectivity index (χ1) is 9.31. The Kier molecular flexibility index (Phi) is 3.49. The zero-order chi connectivity index (χ0) is 14.9. The summed E-state index contributed by atoms with van der Waals surface area (Å²) in [6.07, 6.45) is 1.30. The van der Waals surface area contributed by atoms with Gasteiger partial charge in [0.05, 0.1) is 16.2 Å². The van der Waals surface area contributed by atoms with E-state index < -0.39 is 16.0 Å². The molecule has 2 N–H and O–H groups in total. The van der Waals surface area contributed by atoms with Crippen LogP contribution in [0.3, 0.4) is 0 Å². The van der Waals surface area contributed by atoms with E-state index in [1.54, 1.807) is 6.92 Å². The van der Waals surface area contributed by atoms with Crippen LogP contribution in [0.1, 0.15) is 21.6 Å². The van der Waals surface area contributed by atoms with Crippen molar-refractivity contribution < 1.29 is 22.7 Å².